The largest absolute Gasteiger partial charge is 0.363 e. The van der Waals surface area contributed by atoms with Gasteiger partial charge in [-0.05, 0) is 54.7 Å². The van der Waals surface area contributed by atoms with Gasteiger partial charge in [-0.2, -0.15) is 0 Å². The monoisotopic (exact) mass is 540 g/mol. The molecule has 0 saturated heterocycles. The Balaban J connectivity index is 1.72. The molecule has 5 rings (SSSR count). The van der Waals surface area contributed by atoms with Gasteiger partial charge in [0.25, 0.3) is 0 Å². The molecular weight excluding hydrogens is 508 g/mol. The number of fused-ring (bicyclic) bond motifs is 1. The van der Waals surface area contributed by atoms with Gasteiger partial charge in [0.1, 0.15) is 0 Å². The molecule has 6 nitrogen and oxygen atoms in total. The standard InChI is InChI=1S/C29H33ClN2O4S/c1-2-27-22(19-10-5-3-6-11-19)18-32(20-12-7-4-8-13-20)26-17-23(30)21(16-28(26)37(27,35)36)24-14-9-15-25(31-24)29(33)34/h4,7-9,12-17,19,22,27,29,33-34H,2-3,5-6,10-11,18H2,1H3/t22-,27?/m0/s1. The van der Waals surface area contributed by atoms with E-state index in [0.29, 0.717) is 40.9 Å². The predicted molar refractivity (Wildman–Crippen MR) is 147 cm³/mol. The number of anilines is 2. The van der Waals surface area contributed by atoms with Crippen LogP contribution in [0.25, 0.3) is 11.3 Å². The summed E-state index contributed by atoms with van der Waals surface area (Å²) in [7, 11) is -3.71. The van der Waals surface area contributed by atoms with E-state index in [1.807, 2.05) is 37.3 Å². The van der Waals surface area contributed by atoms with Gasteiger partial charge in [0.2, 0.25) is 0 Å². The summed E-state index contributed by atoms with van der Waals surface area (Å²) in [6, 6.07) is 18.1. The maximum absolute atomic E-state index is 14.4. The van der Waals surface area contributed by atoms with Crippen LogP contribution in [0.1, 0.15) is 57.4 Å². The van der Waals surface area contributed by atoms with Crippen molar-refractivity contribution in [3.63, 3.8) is 0 Å². The van der Waals surface area contributed by atoms with Crippen LogP contribution >= 0.6 is 11.6 Å². The molecule has 1 saturated carbocycles. The first-order valence-electron chi connectivity index (χ1n) is 13.0. The summed E-state index contributed by atoms with van der Waals surface area (Å²) < 4.78 is 28.8. The third kappa shape index (κ3) is 5.02. The summed E-state index contributed by atoms with van der Waals surface area (Å²) in [5.41, 5.74) is 2.42. The Morgan fingerprint density at radius 2 is 1.76 bits per heavy atom. The highest BCUT2D eigenvalue weighted by molar-refractivity contribution is 7.92. The number of benzene rings is 2. The lowest BCUT2D eigenvalue weighted by Gasteiger charge is -2.36. The van der Waals surface area contributed by atoms with Crippen LogP contribution in [0, 0.1) is 11.8 Å². The van der Waals surface area contributed by atoms with E-state index in [0.717, 1.165) is 31.4 Å². The highest BCUT2D eigenvalue weighted by atomic mass is 35.5. The lowest BCUT2D eigenvalue weighted by molar-refractivity contribution is -0.0457. The lowest BCUT2D eigenvalue weighted by Crippen LogP contribution is -2.39. The summed E-state index contributed by atoms with van der Waals surface area (Å²) in [4.78, 5) is 6.71. The average Bonchev–Trinajstić information content (AvgIpc) is 3.00. The molecule has 0 spiro atoms. The molecule has 2 aliphatic rings. The molecular formula is C29H33ClN2O4S. The van der Waals surface area contributed by atoms with Crippen LogP contribution < -0.4 is 4.90 Å². The van der Waals surface area contributed by atoms with Crippen molar-refractivity contribution in [3.05, 3.63) is 71.4 Å². The maximum Gasteiger partial charge on any atom is 0.196 e. The molecule has 2 aromatic carbocycles. The summed E-state index contributed by atoms with van der Waals surface area (Å²) in [5.74, 6) is 0.351. The van der Waals surface area contributed by atoms with Gasteiger partial charge in [-0.1, -0.05) is 74.9 Å². The molecule has 196 valence electrons. The summed E-state index contributed by atoms with van der Waals surface area (Å²) in [6.45, 7) is 2.58. The van der Waals surface area contributed by atoms with E-state index in [4.69, 9.17) is 11.6 Å². The predicted octanol–water partition coefficient (Wildman–Crippen LogP) is 6.29. The zero-order valence-electron chi connectivity index (χ0n) is 20.9. The zero-order valence-corrected chi connectivity index (χ0v) is 22.5. The van der Waals surface area contributed by atoms with E-state index in [1.165, 1.54) is 12.5 Å². The first kappa shape index (κ1) is 26.2. The van der Waals surface area contributed by atoms with Crippen molar-refractivity contribution in [2.75, 3.05) is 11.4 Å². The molecule has 1 fully saturated rings. The first-order valence-corrected chi connectivity index (χ1v) is 15.0. The lowest BCUT2D eigenvalue weighted by atomic mass is 9.77. The van der Waals surface area contributed by atoms with Crippen molar-refractivity contribution in [1.29, 1.82) is 0 Å². The minimum absolute atomic E-state index is 0.00359. The second-order valence-electron chi connectivity index (χ2n) is 10.1. The SMILES string of the molecule is CCC1[C@H](C2CCCCC2)CN(c2ccccc2)c2cc(Cl)c(-c3cccc(C(O)O)n3)cc2S1(=O)=O. The van der Waals surface area contributed by atoms with E-state index in [-0.39, 0.29) is 16.5 Å². The van der Waals surface area contributed by atoms with Gasteiger partial charge < -0.3 is 15.1 Å². The smallest absolute Gasteiger partial charge is 0.196 e. The number of nitrogens with zero attached hydrogens (tertiary/aromatic N) is 2. The Labute approximate surface area is 223 Å². The second-order valence-corrected chi connectivity index (χ2v) is 12.7. The van der Waals surface area contributed by atoms with E-state index in [1.54, 1.807) is 24.3 Å². The Hall–Kier alpha value is -2.45. The molecule has 0 amide bonds. The number of pyridine rings is 1. The van der Waals surface area contributed by atoms with Gasteiger partial charge in [-0.25, -0.2) is 13.4 Å². The number of para-hydroxylation sites is 1. The Morgan fingerprint density at radius 3 is 2.43 bits per heavy atom. The molecule has 1 aromatic heterocycles. The van der Waals surface area contributed by atoms with E-state index in [2.05, 4.69) is 9.88 Å². The molecule has 1 aliphatic carbocycles. The molecule has 2 heterocycles. The topological polar surface area (TPSA) is 90.7 Å². The zero-order chi connectivity index (χ0) is 26.2. The first-order chi connectivity index (χ1) is 17.8. The van der Waals surface area contributed by atoms with E-state index < -0.39 is 21.4 Å². The van der Waals surface area contributed by atoms with Crippen LogP contribution in [-0.2, 0) is 9.84 Å². The Kier molecular flexibility index (Phi) is 7.59. The van der Waals surface area contributed by atoms with Crippen molar-refractivity contribution in [2.24, 2.45) is 11.8 Å². The van der Waals surface area contributed by atoms with Gasteiger partial charge in [0, 0.05) is 17.8 Å². The van der Waals surface area contributed by atoms with Crippen LogP contribution in [0.2, 0.25) is 5.02 Å². The van der Waals surface area contributed by atoms with Crippen molar-refractivity contribution in [2.45, 2.75) is 61.9 Å². The van der Waals surface area contributed by atoms with Crippen molar-refractivity contribution >= 4 is 32.8 Å². The minimum atomic E-state index is -3.71. The van der Waals surface area contributed by atoms with Gasteiger partial charge in [0.05, 0.1) is 32.2 Å². The number of hydrogen-bond donors (Lipinski definition) is 2. The Morgan fingerprint density at radius 1 is 1.03 bits per heavy atom. The molecule has 0 bridgehead atoms. The van der Waals surface area contributed by atoms with Gasteiger partial charge >= 0.3 is 0 Å². The maximum atomic E-state index is 14.4. The fraction of sp³-hybridized carbons (Fsp3) is 0.414. The molecule has 2 atom stereocenters. The third-order valence-electron chi connectivity index (χ3n) is 7.95. The van der Waals surface area contributed by atoms with Crippen molar-refractivity contribution in [3.8, 4) is 11.3 Å². The van der Waals surface area contributed by atoms with E-state index >= 15 is 0 Å². The number of rotatable bonds is 5. The molecule has 0 radical (unpaired) electrons. The molecule has 2 N–H and O–H groups in total. The van der Waals surface area contributed by atoms with Crippen LogP contribution in [0.4, 0.5) is 11.4 Å². The summed E-state index contributed by atoms with van der Waals surface area (Å²) in [6.07, 6.45) is 4.41. The molecule has 8 heteroatoms. The molecule has 37 heavy (non-hydrogen) atoms. The quantitative estimate of drug-likeness (QED) is 0.370. The fourth-order valence-electron chi connectivity index (χ4n) is 6.13. The number of sulfone groups is 1. The minimum Gasteiger partial charge on any atom is -0.363 e. The van der Waals surface area contributed by atoms with Gasteiger partial charge in [0.15, 0.2) is 16.1 Å². The van der Waals surface area contributed by atoms with E-state index in [9.17, 15) is 18.6 Å². The summed E-state index contributed by atoms with van der Waals surface area (Å²) in [5, 5.41) is 19.1. The normalized spacial score (nSPS) is 22.0. The molecule has 3 aromatic rings. The third-order valence-corrected chi connectivity index (χ3v) is 10.7. The number of aliphatic hydroxyl groups excluding tert-OH is 1. The van der Waals surface area contributed by atoms with Gasteiger partial charge in [-0.3, -0.25) is 0 Å². The summed E-state index contributed by atoms with van der Waals surface area (Å²) >= 11 is 6.80. The average molecular weight is 541 g/mol. The molecule has 1 unspecified atom stereocenters. The van der Waals surface area contributed by atoms with Crippen LogP contribution in [0.5, 0.6) is 0 Å². The number of aromatic nitrogens is 1. The van der Waals surface area contributed by atoms with Crippen molar-refractivity contribution in [1.82, 2.24) is 4.98 Å². The van der Waals surface area contributed by atoms with Crippen LogP contribution in [-0.4, -0.2) is 35.4 Å². The fourth-order valence-corrected chi connectivity index (χ4v) is 8.66. The van der Waals surface area contributed by atoms with Crippen LogP contribution in [0.3, 0.4) is 0 Å². The number of halogens is 1. The Bertz CT molecular complexity index is 1360. The molecule has 1 aliphatic heterocycles. The van der Waals surface area contributed by atoms with Gasteiger partial charge in [-0.15, -0.1) is 0 Å². The van der Waals surface area contributed by atoms with Crippen molar-refractivity contribution < 1.29 is 18.6 Å². The number of hydrogen-bond acceptors (Lipinski definition) is 6. The highest BCUT2D eigenvalue weighted by Crippen LogP contribution is 2.47. The second kappa shape index (κ2) is 10.7. The number of aliphatic hydroxyl groups is 2. The highest BCUT2D eigenvalue weighted by Gasteiger charge is 2.44. The van der Waals surface area contributed by atoms with Crippen LogP contribution in [0.15, 0.2) is 65.6 Å².